The second-order valence-corrected chi connectivity index (χ2v) is 9.29. The molecule has 7 heteroatoms. The van der Waals surface area contributed by atoms with E-state index in [1.54, 1.807) is 31.1 Å². The molecule has 1 heterocycles. The van der Waals surface area contributed by atoms with Gasteiger partial charge in [-0.15, -0.1) is 0 Å². The van der Waals surface area contributed by atoms with Gasteiger partial charge in [-0.05, 0) is 63.0 Å². The van der Waals surface area contributed by atoms with Crippen LogP contribution >= 0.6 is 0 Å². The van der Waals surface area contributed by atoms with Crippen LogP contribution < -0.4 is 15.0 Å². The number of nitrogens with one attached hydrogen (secondary N) is 1. The van der Waals surface area contributed by atoms with Gasteiger partial charge in [-0.2, -0.15) is 0 Å². The summed E-state index contributed by atoms with van der Waals surface area (Å²) in [6.07, 6.45) is 4.23. The Bertz CT molecular complexity index is 856. The zero-order valence-electron chi connectivity index (χ0n) is 18.5. The smallest absolute Gasteiger partial charge is 0.312 e. The lowest BCUT2D eigenvalue weighted by Gasteiger charge is -2.29. The molecule has 1 aromatic carbocycles. The van der Waals surface area contributed by atoms with Gasteiger partial charge in [0.05, 0.1) is 18.7 Å². The fourth-order valence-corrected chi connectivity index (χ4v) is 5.63. The lowest BCUT2D eigenvalue weighted by atomic mass is 9.84. The first-order valence-electron chi connectivity index (χ1n) is 11.3. The van der Waals surface area contributed by atoms with Crippen LogP contribution in [0.2, 0.25) is 0 Å². The normalized spacial score (nSPS) is 29.0. The van der Waals surface area contributed by atoms with Crippen molar-refractivity contribution in [3.8, 4) is 5.75 Å². The molecular formula is C24H32N2O5. The Morgan fingerprint density at radius 1 is 1.16 bits per heavy atom. The van der Waals surface area contributed by atoms with Crippen molar-refractivity contribution in [1.29, 1.82) is 0 Å². The number of carbonyl (C=O) groups is 3. The summed E-state index contributed by atoms with van der Waals surface area (Å²) in [5.41, 5.74) is 0.635. The number of benzene rings is 1. The van der Waals surface area contributed by atoms with Crippen LogP contribution in [0.3, 0.4) is 0 Å². The first-order chi connectivity index (χ1) is 14.9. The lowest BCUT2D eigenvalue weighted by Crippen LogP contribution is -2.45. The molecule has 2 aliphatic carbocycles. The van der Waals surface area contributed by atoms with E-state index in [4.69, 9.17) is 9.47 Å². The zero-order valence-corrected chi connectivity index (χ0v) is 18.5. The van der Waals surface area contributed by atoms with Crippen molar-refractivity contribution in [3.05, 3.63) is 24.3 Å². The van der Waals surface area contributed by atoms with E-state index >= 15 is 0 Å². The number of methoxy groups -OCH3 is 1. The van der Waals surface area contributed by atoms with E-state index in [2.05, 4.69) is 12.2 Å². The average Bonchev–Trinajstić information content (AvgIpc) is 3.49. The number of ether oxygens (including phenoxy) is 2. The summed E-state index contributed by atoms with van der Waals surface area (Å²) in [4.78, 5) is 39.4. The van der Waals surface area contributed by atoms with Crippen molar-refractivity contribution in [1.82, 2.24) is 5.32 Å². The van der Waals surface area contributed by atoms with Gasteiger partial charge in [0.25, 0.3) is 5.91 Å². The molecule has 2 amide bonds. The molecule has 1 aromatic rings. The first-order valence-corrected chi connectivity index (χ1v) is 11.3. The van der Waals surface area contributed by atoms with Crippen LogP contribution in [0.15, 0.2) is 24.3 Å². The van der Waals surface area contributed by atoms with Crippen molar-refractivity contribution in [2.45, 2.75) is 58.1 Å². The Morgan fingerprint density at radius 2 is 1.94 bits per heavy atom. The van der Waals surface area contributed by atoms with E-state index in [0.717, 1.165) is 5.92 Å². The zero-order chi connectivity index (χ0) is 22.1. The molecule has 3 fully saturated rings. The van der Waals surface area contributed by atoms with Crippen molar-refractivity contribution in [2.24, 2.45) is 23.7 Å². The van der Waals surface area contributed by atoms with Crippen LogP contribution in [0.4, 0.5) is 5.69 Å². The van der Waals surface area contributed by atoms with Gasteiger partial charge in [0, 0.05) is 19.0 Å². The predicted molar refractivity (Wildman–Crippen MR) is 116 cm³/mol. The average molecular weight is 429 g/mol. The van der Waals surface area contributed by atoms with Crippen LogP contribution in [-0.4, -0.2) is 43.6 Å². The highest BCUT2D eigenvalue weighted by atomic mass is 16.5. The summed E-state index contributed by atoms with van der Waals surface area (Å²) < 4.78 is 10.8. The number of carbonyl (C=O) groups excluding carboxylic acids is 3. The summed E-state index contributed by atoms with van der Waals surface area (Å²) in [5, 5.41) is 3.05. The highest BCUT2D eigenvalue weighted by molar-refractivity contribution is 6.00. The van der Waals surface area contributed by atoms with Gasteiger partial charge in [-0.25, -0.2) is 0 Å². The number of para-hydroxylation sites is 2. The SMILES string of the molecule is COc1ccccc1N1C[C@@H](C(=O)O[C@H](C)C(=O)N[C@@H](C)[C@@H]2C[C@@H]3CC[C@@H]2C3)CC1=O. The van der Waals surface area contributed by atoms with Gasteiger partial charge < -0.3 is 19.7 Å². The molecule has 1 aliphatic heterocycles. The van der Waals surface area contributed by atoms with Crippen LogP contribution in [0.5, 0.6) is 5.75 Å². The molecule has 0 aromatic heterocycles. The molecule has 1 N–H and O–H groups in total. The van der Waals surface area contributed by atoms with Crippen LogP contribution in [0.25, 0.3) is 0 Å². The van der Waals surface area contributed by atoms with Gasteiger partial charge in [0.1, 0.15) is 5.75 Å². The van der Waals surface area contributed by atoms with Gasteiger partial charge in [-0.1, -0.05) is 18.6 Å². The number of fused-ring (bicyclic) bond motifs is 2. The maximum absolute atomic E-state index is 12.7. The summed E-state index contributed by atoms with van der Waals surface area (Å²) in [6, 6.07) is 7.29. The second kappa shape index (κ2) is 8.89. The second-order valence-electron chi connectivity index (χ2n) is 9.29. The molecule has 31 heavy (non-hydrogen) atoms. The molecule has 2 bridgehead atoms. The molecular weight excluding hydrogens is 396 g/mol. The topological polar surface area (TPSA) is 84.9 Å². The van der Waals surface area contributed by atoms with Gasteiger partial charge in [0.2, 0.25) is 5.91 Å². The Labute approximate surface area is 183 Å². The molecule has 168 valence electrons. The Kier molecular flexibility index (Phi) is 6.21. The number of amides is 2. The van der Waals surface area contributed by atoms with E-state index < -0.39 is 18.0 Å². The van der Waals surface area contributed by atoms with Crippen molar-refractivity contribution in [3.63, 3.8) is 0 Å². The molecule has 2 saturated carbocycles. The molecule has 3 aliphatic rings. The van der Waals surface area contributed by atoms with E-state index in [0.29, 0.717) is 23.3 Å². The quantitative estimate of drug-likeness (QED) is 0.675. The van der Waals surface area contributed by atoms with Gasteiger partial charge >= 0.3 is 5.97 Å². The van der Waals surface area contributed by atoms with Crippen LogP contribution in [-0.2, 0) is 19.1 Å². The van der Waals surface area contributed by atoms with E-state index in [1.165, 1.54) is 25.7 Å². The highest BCUT2D eigenvalue weighted by Crippen LogP contribution is 2.49. The predicted octanol–water partition coefficient (Wildman–Crippen LogP) is 2.92. The lowest BCUT2D eigenvalue weighted by molar-refractivity contribution is -0.158. The molecule has 1 saturated heterocycles. The van der Waals surface area contributed by atoms with E-state index in [1.807, 2.05) is 12.1 Å². The third-order valence-electron chi connectivity index (χ3n) is 7.30. The molecule has 7 nitrogen and oxygen atoms in total. The number of esters is 1. The molecule has 0 unspecified atom stereocenters. The Hall–Kier alpha value is -2.57. The van der Waals surface area contributed by atoms with Crippen molar-refractivity contribution >= 4 is 23.5 Å². The standard InChI is InChI=1S/C24H32N2O5/c1-14(19-11-16-8-9-17(19)10-16)25-23(28)15(2)31-24(29)18-12-22(27)26(13-18)20-6-4-5-7-21(20)30-3/h4-7,14-19H,8-13H2,1-3H3,(H,25,28)/t14-,15+,16+,17+,18-,19-/m0/s1. The Balaban J connectivity index is 1.30. The number of rotatable bonds is 7. The van der Waals surface area contributed by atoms with Crippen LogP contribution in [0.1, 0.15) is 46.0 Å². The molecule has 0 spiro atoms. The van der Waals surface area contributed by atoms with Crippen molar-refractivity contribution in [2.75, 3.05) is 18.6 Å². The number of anilines is 1. The fourth-order valence-electron chi connectivity index (χ4n) is 5.63. The van der Waals surface area contributed by atoms with Gasteiger partial charge in [-0.3, -0.25) is 14.4 Å². The summed E-state index contributed by atoms with van der Waals surface area (Å²) in [6.45, 7) is 3.86. The summed E-state index contributed by atoms with van der Waals surface area (Å²) in [5.74, 6) is 1.08. The van der Waals surface area contributed by atoms with E-state index in [9.17, 15) is 14.4 Å². The molecule has 4 rings (SSSR count). The van der Waals surface area contributed by atoms with E-state index in [-0.39, 0.29) is 30.8 Å². The summed E-state index contributed by atoms with van der Waals surface area (Å²) in [7, 11) is 1.54. The largest absolute Gasteiger partial charge is 0.495 e. The third kappa shape index (κ3) is 4.41. The third-order valence-corrected chi connectivity index (χ3v) is 7.30. The number of hydrogen-bond donors (Lipinski definition) is 1. The molecule has 6 atom stereocenters. The minimum Gasteiger partial charge on any atom is -0.495 e. The molecule has 0 radical (unpaired) electrons. The fraction of sp³-hybridized carbons (Fsp3) is 0.625. The van der Waals surface area contributed by atoms with Crippen molar-refractivity contribution < 1.29 is 23.9 Å². The van der Waals surface area contributed by atoms with Crippen LogP contribution in [0, 0.1) is 23.7 Å². The first kappa shape index (κ1) is 21.7. The summed E-state index contributed by atoms with van der Waals surface area (Å²) >= 11 is 0. The number of hydrogen-bond acceptors (Lipinski definition) is 5. The maximum atomic E-state index is 12.7. The highest BCUT2D eigenvalue weighted by Gasteiger charge is 2.43. The number of nitrogens with zero attached hydrogens (tertiary/aromatic N) is 1. The Morgan fingerprint density at radius 3 is 2.61 bits per heavy atom. The minimum atomic E-state index is -0.885. The maximum Gasteiger partial charge on any atom is 0.312 e. The van der Waals surface area contributed by atoms with Gasteiger partial charge in [0.15, 0.2) is 6.10 Å². The minimum absolute atomic E-state index is 0.0623. The monoisotopic (exact) mass is 428 g/mol.